The van der Waals surface area contributed by atoms with Gasteiger partial charge in [0.15, 0.2) is 0 Å². The standard InChI is InChI=1S/C21H18N4O2S/c26-19(12-24-13-22-15-7-2-1-6-14(15)21(24)27)25-11-5-9-17(25)20-23-16-8-3-4-10-18(16)28-20/h1-4,6-8,10,13,17H,5,9,11-12H2/t17-/m1/s1. The molecule has 3 heterocycles. The van der Waals surface area contributed by atoms with Gasteiger partial charge in [-0.25, -0.2) is 9.97 Å². The molecule has 0 unspecified atom stereocenters. The van der Waals surface area contributed by atoms with Gasteiger partial charge in [-0.2, -0.15) is 0 Å². The van der Waals surface area contributed by atoms with E-state index in [0.29, 0.717) is 17.4 Å². The van der Waals surface area contributed by atoms with E-state index in [1.165, 1.54) is 10.9 Å². The highest BCUT2D eigenvalue weighted by Crippen LogP contribution is 2.36. The quantitative estimate of drug-likeness (QED) is 0.538. The number of hydrogen-bond acceptors (Lipinski definition) is 5. The maximum absolute atomic E-state index is 13.0. The number of carbonyl (C=O) groups is 1. The molecule has 4 aromatic rings. The summed E-state index contributed by atoms with van der Waals surface area (Å²) in [6.45, 7) is 0.688. The molecule has 0 radical (unpaired) electrons. The summed E-state index contributed by atoms with van der Waals surface area (Å²) in [7, 11) is 0. The zero-order chi connectivity index (χ0) is 19.1. The van der Waals surface area contributed by atoms with Crippen LogP contribution in [0, 0.1) is 0 Å². The summed E-state index contributed by atoms with van der Waals surface area (Å²) in [6.07, 6.45) is 3.30. The first-order valence-electron chi connectivity index (χ1n) is 9.30. The molecule has 1 fully saturated rings. The molecule has 0 N–H and O–H groups in total. The molecule has 1 aliphatic rings. The van der Waals surface area contributed by atoms with Gasteiger partial charge < -0.3 is 4.90 Å². The lowest BCUT2D eigenvalue weighted by Crippen LogP contribution is -2.36. The van der Waals surface area contributed by atoms with Crippen LogP contribution in [0.25, 0.3) is 21.1 Å². The minimum Gasteiger partial charge on any atom is -0.332 e. The second kappa shape index (κ2) is 6.83. The SMILES string of the molecule is O=C(Cn1cnc2ccccc2c1=O)N1CCC[C@@H]1c1nc2ccccc2s1. The summed E-state index contributed by atoms with van der Waals surface area (Å²) < 4.78 is 2.53. The largest absolute Gasteiger partial charge is 0.332 e. The lowest BCUT2D eigenvalue weighted by atomic mass is 10.2. The van der Waals surface area contributed by atoms with Crippen LogP contribution in [0.2, 0.25) is 0 Å². The van der Waals surface area contributed by atoms with E-state index < -0.39 is 0 Å². The number of hydrogen-bond donors (Lipinski definition) is 0. The second-order valence-electron chi connectivity index (χ2n) is 6.96. The number of thiazole rings is 1. The molecule has 2 aromatic heterocycles. The lowest BCUT2D eigenvalue weighted by molar-refractivity contribution is -0.132. The van der Waals surface area contributed by atoms with Crippen LogP contribution in [0.15, 0.2) is 59.7 Å². The van der Waals surface area contributed by atoms with Crippen molar-refractivity contribution in [1.82, 2.24) is 19.4 Å². The molecule has 0 aliphatic carbocycles. The van der Waals surface area contributed by atoms with Crippen molar-refractivity contribution < 1.29 is 4.79 Å². The molecule has 28 heavy (non-hydrogen) atoms. The molecule has 0 saturated carbocycles. The van der Waals surface area contributed by atoms with Crippen LogP contribution in [-0.2, 0) is 11.3 Å². The first kappa shape index (κ1) is 17.1. The smallest absolute Gasteiger partial charge is 0.261 e. The van der Waals surface area contributed by atoms with E-state index in [1.54, 1.807) is 29.5 Å². The van der Waals surface area contributed by atoms with E-state index in [2.05, 4.69) is 11.1 Å². The van der Waals surface area contributed by atoms with Crippen LogP contribution < -0.4 is 5.56 Å². The Kier molecular flexibility index (Phi) is 4.16. The van der Waals surface area contributed by atoms with Crippen LogP contribution in [0.4, 0.5) is 0 Å². The van der Waals surface area contributed by atoms with Gasteiger partial charge in [0, 0.05) is 6.54 Å². The topological polar surface area (TPSA) is 68.1 Å². The molecular formula is C21H18N4O2S. The van der Waals surface area contributed by atoms with E-state index in [1.807, 2.05) is 29.2 Å². The summed E-state index contributed by atoms with van der Waals surface area (Å²) in [5.41, 5.74) is 1.43. The van der Waals surface area contributed by atoms with E-state index >= 15 is 0 Å². The lowest BCUT2D eigenvalue weighted by Gasteiger charge is -2.23. The van der Waals surface area contributed by atoms with Crippen LogP contribution >= 0.6 is 11.3 Å². The molecule has 6 nitrogen and oxygen atoms in total. The maximum atomic E-state index is 13.0. The number of benzene rings is 2. The van der Waals surface area contributed by atoms with Gasteiger partial charge in [0.25, 0.3) is 5.56 Å². The molecule has 1 amide bonds. The summed E-state index contributed by atoms with van der Waals surface area (Å²) >= 11 is 1.64. The monoisotopic (exact) mass is 390 g/mol. The van der Waals surface area contributed by atoms with Crippen LogP contribution in [0.3, 0.4) is 0 Å². The third-order valence-corrected chi connectivity index (χ3v) is 6.34. The zero-order valence-electron chi connectivity index (χ0n) is 15.1. The van der Waals surface area contributed by atoms with Gasteiger partial charge in [0.2, 0.25) is 5.91 Å². The van der Waals surface area contributed by atoms with Crippen LogP contribution in [0.5, 0.6) is 0 Å². The Morgan fingerprint density at radius 3 is 2.75 bits per heavy atom. The average molecular weight is 390 g/mol. The Labute approximate surface area is 165 Å². The van der Waals surface area contributed by atoms with Crippen molar-refractivity contribution in [2.24, 2.45) is 0 Å². The van der Waals surface area contributed by atoms with Crippen molar-refractivity contribution in [3.8, 4) is 0 Å². The van der Waals surface area contributed by atoms with E-state index in [9.17, 15) is 9.59 Å². The summed E-state index contributed by atoms with van der Waals surface area (Å²) in [5.74, 6) is -0.0686. The number of rotatable bonds is 3. The number of fused-ring (bicyclic) bond motifs is 2. The van der Waals surface area contributed by atoms with E-state index in [0.717, 1.165) is 28.1 Å². The molecular weight excluding hydrogens is 372 g/mol. The van der Waals surface area contributed by atoms with Gasteiger partial charge in [0.05, 0.1) is 33.5 Å². The third-order valence-electron chi connectivity index (χ3n) is 5.21. The highest BCUT2D eigenvalue weighted by atomic mass is 32.1. The Bertz CT molecular complexity index is 1210. The molecule has 0 spiro atoms. The molecule has 1 saturated heterocycles. The van der Waals surface area contributed by atoms with Gasteiger partial charge >= 0.3 is 0 Å². The fraction of sp³-hybridized carbons (Fsp3) is 0.238. The summed E-state index contributed by atoms with van der Waals surface area (Å²) in [4.78, 5) is 36.6. The molecule has 1 atom stereocenters. The summed E-state index contributed by atoms with van der Waals surface area (Å²) in [5, 5.41) is 1.50. The fourth-order valence-electron chi connectivity index (χ4n) is 3.81. The van der Waals surface area contributed by atoms with Gasteiger partial charge in [-0.05, 0) is 37.1 Å². The predicted molar refractivity (Wildman–Crippen MR) is 109 cm³/mol. The molecule has 2 aromatic carbocycles. The van der Waals surface area contributed by atoms with E-state index in [4.69, 9.17) is 4.98 Å². The van der Waals surface area contributed by atoms with Gasteiger partial charge in [-0.1, -0.05) is 24.3 Å². The Morgan fingerprint density at radius 2 is 1.89 bits per heavy atom. The molecule has 0 bridgehead atoms. The average Bonchev–Trinajstić information content (AvgIpc) is 3.37. The maximum Gasteiger partial charge on any atom is 0.261 e. The molecule has 7 heteroatoms. The van der Waals surface area contributed by atoms with Gasteiger partial charge in [-0.15, -0.1) is 11.3 Å². The van der Waals surface area contributed by atoms with Crippen LogP contribution in [0.1, 0.15) is 23.9 Å². The number of likely N-dealkylation sites (tertiary alicyclic amines) is 1. The van der Waals surface area contributed by atoms with Crippen molar-refractivity contribution >= 4 is 38.4 Å². The number of para-hydroxylation sites is 2. The highest BCUT2D eigenvalue weighted by Gasteiger charge is 2.32. The Morgan fingerprint density at radius 1 is 1.11 bits per heavy atom. The van der Waals surface area contributed by atoms with Crippen molar-refractivity contribution in [3.05, 3.63) is 70.2 Å². The predicted octanol–water partition coefficient (Wildman–Crippen LogP) is 3.37. The van der Waals surface area contributed by atoms with Crippen molar-refractivity contribution in [1.29, 1.82) is 0 Å². The normalized spacial score (nSPS) is 16.9. The number of carbonyl (C=O) groups excluding carboxylic acids is 1. The van der Waals surface area contributed by atoms with Crippen molar-refractivity contribution in [2.75, 3.05) is 6.54 Å². The zero-order valence-corrected chi connectivity index (χ0v) is 15.9. The van der Waals surface area contributed by atoms with E-state index in [-0.39, 0.29) is 24.1 Å². The van der Waals surface area contributed by atoms with Crippen LogP contribution in [-0.4, -0.2) is 31.9 Å². The van der Waals surface area contributed by atoms with Gasteiger partial charge in [-0.3, -0.25) is 14.2 Å². The van der Waals surface area contributed by atoms with Crippen molar-refractivity contribution in [2.45, 2.75) is 25.4 Å². The number of nitrogens with zero attached hydrogens (tertiary/aromatic N) is 4. The first-order valence-corrected chi connectivity index (χ1v) is 10.1. The number of amides is 1. The van der Waals surface area contributed by atoms with Gasteiger partial charge in [0.1, 0.15) is 11.6 Å². The summed E-state index contributed by atoms with van der Waals surface area (Å²) in [6, 6.07) is 15.2. The third kappa shape index (κ3) is 2.88. The van der Waals surface area contributed by atoms with Crippen molar-refractivity contribution in [3.63, 3.8) is 0 Å². The Balaban J connectivity index is 1.43. The fourth-order valence-corrected chi connectivity index (χ4v) is 4.93. The minimum absolute atomic E-state index is 0.00192. The molecule has 140 valence electrons. The number of aromatic nitrogens is 3. The Hall–Kier alpha value is -3.06. The minimum atomic E-state index is -0.185. The molecule has 5 rings (SSSR count). The second-order valence-corrected chi connectivity index (χ2v) is 8.02. The first-order chi connectivity index (χ1) is 13.7. The highest BCUT2D eigenvalue weighted by molar-refractivity contribution is 7.18. The molecule has 1 aliphatic heterocycles.